The predicted molar refractivity (Wildman–Crippen MR) is 194 cm³/mol. The number of benzene rings is 6. The minimum atomic E-state index is -0.617. The zero-order valence-electron chi connectivity index (χ0n) is 25.1. The van der Waals surface area contributed by atoms with E-state index in [1.54, 1.807) is 10.6 Å². The highest BCUT2D eigenvalue weighted by Crippen LogP contribution is 2.37. The number of hydrogen-bond acceptors (Lipinski definition) is 0. The van der Waals surface area contributed by atoms with Gasteiger partial charge in [0.25, 0.3) is 0 Å². The Morgan fingerprint density at radius 1 is 0.318 bits per heavy atom. The second-order valence-electron chi connectivity index (χ2n) is 11.6. The summed E-state index contributed by atoms with van der Waals surface area (Å²) >= 11 is 0. The van der Waals surface area contributed by atoms with E-state index in [1.807, 2.05) is 0 Å². The van der Waals surface area contributed by atoms with Gasteiger partial charge in [0.05, 0.1) is 0 Å². The summed E-state index contributed by atoms with van der Waals surface area (Å²) in [6.45, 7) is 0. The molecule has 0 amide bonds. The molecule has 216 valence electrons. The topological polar surface area (TPSA) is 0 Å². The monoisotopic (exact) mass is 604 g/mol. The fraction of sp³-hybridized carbons (Fsp3) is 0.143. The summed E-state index contributed by atoms with van der Waals surface area (Å²) < 4.78 is 0. The minimum Gasteiger partial charge on any atom is -0.0622 e. The summed E-state index contributed by atoms with van der Waals surface area (Å²) in [5, 5.41) is 8.81. The molecule has 2 heteroatoms. The van der Waals surface area contributed by atoms with Crippen molar-refractivity contribution in [2.45, 2.75) is 38.5 Å². The van der Waals surface area contributed by atoms with Crippen LogP contribution in [0.1, 0.15) is 35.1 Å². The molecular weight excluding hydrogens is 566 g/mol. The zero-order valence-corrected chi connectivity index (χ0v) is 26.9. The van der Waals surface area contributed by atoms with Crippen LogP contribution in [0.5, 0.6) is 0 Å². The third-order valence-electron chi connectivity index (χ3n) is 8.66. The largest absolute Gasteiger partial charge is 0.0622 e. The number of aryl methyl sites for hydroxylation is 4. The van der Waals surface area contributed by atoms with E-state index in [2.05, 4.69) is 158 Å². The van der Waals surface area contributed by atoms with Gasteiger partial charge < -0.3 is 0 Å². The van der Waals surface area contributed by atoms with Crippen molar-refractivity contribution in [3.63, 3.8) is 0 Å². The van der Waals surface area contributed by atoms with E-state index >= 15 is 0 Å². The fourth-order valence-corrected chi connectivity index (χ4v) is 11.6. The van der Waals surface area contributed by atoms with E-state index in [4.69, 9.17) is 0 Å². The first kappa shape index (κ1) is 28.9. The molecule has 0 fully saturated rings. The molecule has 4 aliphatic rings. The van der Waals surface area contributed by atoms with Gasteiger partial charge in [-0.25, -0.2) is 0 Å². The van der Waals surface area contributed by atoms with Crippen molar-refractivity contribution in [3.8, 4) is 0 Å². The maximum atomic E-state index is 2.57. The van der Waals surface area contributed by atoms with Crippen molar-refractivity contribution in [1.82, 2.24) is 0 Å². The van der Waals surface area contributed by atoms with Crippen molar-refractivity contribution in [3.05, 3.63) is 180 Å². The Hall–Kier alpha value is -3.82. The van der Waals surface area contributed by atoms with Gasteiger partial charge in [0.2, 0.25) is 0 Å². The highest BCUT2D eigenvalue weighted by Gasteiger charge is 2.22. The summed E-state index contributed by atoms with van der Waals surface area (Å²) in [6, 6.07) is 59.6. The van der Waals surface area contributed by atoms with Gasteiger partial charge in [0.15, 0.2) is 0 Å². The Morgan fingerprint density at radius 2 is 0.636 bits per heavy atom. The van der Waals surface area contributed by atoms with Crippen LogP contribution in [0.25, 0.3) is 0 Å². The molecule has 0 radical (unpaired) electrons. The Kier molecular flexibility index (Phi) is 9.11. The number of rotatable bonds is 6. The molecule has 0 saturated carbocycles. The minimum absolute atomic E-state index is 0.617. The fourth-order valence-electron chi connectivity index (χ4n) is 6.50. The van der Waals surface area contributed by atoms with Crippen molar-refractivity contribution >= 4 is 47.7 Å². The third kappa shape index (κ3) is 6.49. The predicted octanol–water partition coefficient (Wildman–Crippen LogP) is 7.87. The summed E-state index contributed by atoms with van der Waals surface area (Å²) in [4.78, 5) is 0. The first-order chi connectivity index (χ1) is 21.8. The van der Waals surface area contributed by atoms with Crippen LogP contribution >= 0.6 is 15.8 Å². The molecule has 0 heterocycles. The molecule has 0 atom stereocenters. The Labute approximate surface area is 265 Å². The maximum Gasteiger partial charge on any atom is -0.0116 e. The summed E-state index contributed by atoms with van der Waals surface area (Å²) in [5.41, 5.74) is 5.95. The summed E-state index contributed by atoms with van der Waals surface area (Å²) in [6.07, 6.45) is 6.67. The van der Waals surface area contributed by atoms with Gasteiger partial charge in [-0.2, -0.15) is 0 Å². The van der Waals surface area contributed by atoms with E-state index in [0.29, 0.717) is 0 Å². The molecule has 4 bridgehead atoms. The van der Waals surface area contributed by atoms with Gasteiger partial charge in [-0.05, 0) is 108 Å². The van der Waals surface area contributed by atoms with Crippen molar-refractivity contribution in [2.75, 3.05) is 0 Å². The molecule has 0 N–H and O–H groups in total. The van der Waals surface area contributed by atoms with Gasteiger partial charge >= 0.3 is 0 Å². The average Bonchev–Trinajstić information content (AvgIpc) is 3.09. The molecular formula is C42H38P2. The van der Waals surface area contributed by atoms with Gasteiger partial charge in [0.1, 0.15) is 0 Å². The summed E-state index contributed by atoms with van der Waals surface area (Å²) in [5.74, 6) is 0. The molecule has 0 unspecified atom stereocenters. The lowest BCUT2D eigenvalue weighted by molar-refractivity contribution is 0.806. The van der Waals surface area contributed by atoms with Crippen LogP contribution in [0.2, 0.25) is 0 Å². The molecule has 0 saturated heterocycles. The quantitative estimate of drug-likeness (QED) is 0.170. The molecule has 10 rings (SSSR count). The average molecular weight is 605 g/mol. The Bertz CT molecular complexity index is 1580. The maximum absolute atomic E-state index is 2.57. The van der Waals surface area contributed by atoms with E-state index < -0.39 is 15.8 Å². The van der Waals surface area contributed by atoms with Crippen molar-refractivity contribution in [1.29, 1.82) is 0 Å². The summed E-state index contributed by atoms with van der Waals surface area (Å²) in [7, 11) is -1.23. The molecule has 0 aliphatic heterocycles. The molecule has 0 spiro atoms. The molecule has 4 aliphatic carbocycles. The van der Waals surface area contributed by atoms with Crippen LogP contribution in [0, 0.1) is 0 Å². The van der Waals surface area contributed by atoms with Crippen molar-refractivity contribution in [2.24, 2.45) is 0 Å². The van der Waals surface area contributed by atoms with Crippen LogP contribution in [-0.2, 0) is 25.7 Å². The highest BCUT2D eigenvalue weighted by molar-refractivity contribution is 7.80. The number of hydrogen-bond donors (Lipinski definition) is 0. The van der Waals surface area contributed by atoms with Gasteiger partial charge in [-0.1, -0.05) is 158 Å². The Morgan fingerprint density at radius 3 is 0.955 bits per heavy atom. The van der Waals surface area contributed by atoms with Gasteiger partial charge in [-0.15, -0.1) is 0 Å². The van der Waals surface area contributed by atoms with Gasteiger partial charge in [-0.3, -0.25) is 0 Å². The molecule has 0 nitrogen and oxygen atoms in total. The van der Waals surface area contributed by atoms with E-state index in [1.165, 1.54) is 43.5 Å². The lowest BCUT2D eigenvalue weighted by atomic mass is 9.97. The van der Waals surface area contributed by atoms with Crippen LogP contribution in [0.15, 0.2) is 158 Å². The SMILES string of the molecule is c1ccc(P(c2ccccc2)c2cc3ccc2CCCc2ccc(c(P(c4ccccc4)c4ccccc4)c2)CCC3)cc1. The van der Waals surface area contributed by atoms with E-state index in [0.717, 1.165) is 38.5 Å². The highest BCUT2D eigenvalue weighted by atomic mass is 31.1. The molecule has 6 aromatic rings. The molecule has 6 aromatic carbocycles. The second kappa shape index (κ2) is 13.9. The lowest BCUT2D eigenvalue weighted by Crippen LogP contribution is -2.25. The third-order valence-corrected chi connectivity index (χ3v) is 13.7. The van der Waals surface area contributed by atoms with E-state index in [-0.39, 0.29) is 0 Å². The lowest BCUT2D eigenvalue weighted by Gasteiger charge is -2.25. The first-order valence-electron chi connectivity index (χ1n) is 15.9. The second-order valence-corrected chi connectivity index (χ2v) is 16.0. The normalized spacial score (nSPS) is 13.3. The van der Waals surface area contributed by atoms with Crippen molar-refractivity contribution < 1.29 is 0 Å². The first-order valence-corrected chi connectivity index (χ1v) is 18.6. The Balaban J connectivity index is 1.26. The zero-order chi connectivity index (χ0) is 29.6. The van der Waals surface area contributed by atoms with Gasteiger partial charge in [0, 0.05) is 0 Å². The van der Waals surface area contributed by atoms with Crippen LogP contribution < -0.4 is 31.8 Å². The van der Waals surface area contributed by atoms with Crippen LogP contribution in [0.3, 0.4) is 0 Å². The van der Waals surface area contributed by atoms with Crippen LogP contribution in [0.4, 0.5) is 0 Å². The molecule has 0 aromatic heterocycles. The standard InChI is InChI=1S/C42H38P2/c1-5-19-37(20-6-1)43(38-21-7-2-8-22-38)41-31-33-15-14-18-36-30-28-34(16-13-17-35(41)29-27-33)32-42(36)44(39-23-9-3-10-24-39)40-25-11-4-12-26-40/h1-12,19-32H,13-18H2. The van der Waals surface area contributed by atoms with E-state index in [9.17, 15) is 0 Å². The smallest absolute Gasteiger partial charge is 0.0116 e. The molecule has 44 heavy (non-hydrogen) atoms. The van der Waals surface area contributed by atoms with Crippen LogP contribution in [-0.4, -0.2) is 0 Å².